The van der Waals surface area contributed by atoms with E-state index >= 15 is 0 Å². The quantitative estimate of drug-likeness (QED) is 0.465. The Bertz CT molecular complexity index is 1050. The Hall–Kier alpha value is -3.20. The van der Waals surface area contributed by atoms with Crippen LogP contribution in [-0.4, -0.2) is 33.5 Å². The Balaban J connectivity index is 1.55. The third kappa shape index (κ3) is 4.51. The number of nitrogens with one attached hydrogen (secondary N) is 1. The molecule has 1 aliphatic heterocycles. The molecule has 0 aliphatic carbocycles. The van der Waals surface area contributed by atoms with Crippen molar-refractivity contribution in [3.8, 4) is 0 Å². The zero-order valence-corrected chi connectivity index (χ0v) is 17.5. The number of hydrogen-bond donors (Lipinski definition) is 1. The van der Waals surface area contributed by atoms with Gasteiger partial charge in [-0.3, -0.25) is 14.9 Å². The van der Waals surface area contributed by atoms with Crippen molar-refractivity contribution in [1.29, 1.82) is 0 Å². The minimum absolute atomic E-state index is 0.115. The molecule has 1 amide bonds. The first-order valence-electron chi connectivity index (χ1n) is 9.91. The fourth-order valence-corrected chi connectivity index (χ4v) is 4.39. The molecule has 30 heavy (non-hydrogen) atoms. The molecule has 1 aromatic carbocycles. The summed E-state index contributed by atoms with van der Waals surface area (Å²) in [6.45, 7) is 4.28. The van der Waals surface area contributed by atoms with Gasteiger partial charge in [0, 0.05) is 30.2 Å². The molecule has 4 rings (SSSR count). The molecule has 0 bridgehead atoms. The van der Waals surface area contributed by atoms with Gasteiger partial charge in [-0.2, -0.15) is 0 Å². The number of benzene rings is 1. The Labute approximate surface area is 178 Å². The Kier molecular flexibility index (Phi) is 5.80. The second kappa shape index (κ2) is 8.66. The van der Waals surface area contributed by atoms with Gasteiger partial charge in [-0.25, -0.2) is 4.98 Å². The molecule has 2 aromatic heterocycles. The molecule has 9 heteroatoms. The summed E-state index contributed by atoms with van der Waals surface area (Å²) in [7, 11) is 0. The average molecular weight is 426 g/mol. The molecule has 1 N–H and O–H groups in total. The largest absolute Gasteiger partial charge is 0.348 e. The third-order valence-corrected chi connectivity index (χ3v) is 6.08. The van der Waals surface area contributed by atoms with Gasteiger partial charge in [0.15, 0.2) is 5.13 Å². The van der Waals surface area contributed by atoms with E-state index in [1.807, 2.05) is 24.4 Å². The van der Waals surface area contributed by atoms with Crippen LogP contribution in [0.3, 0.4) is 0 Å². The molecule has 0 atom stereocenters. The van der Waals surface area contributed by atoms with E-state index in [9.17, 15) is 14.9 Å². The monoisotopic (exact) mass is 425 g/mol. The fraction of sp³-hybridized carbons (Fsp3) is 0.333. The first kappa shape index (κ1) is 20.1. The summed E-state index contributed by atoms with van der Waals surface area (Å²) in [5.41, 5.74) is 2.63. The van der Waals surface area contributed by atoms with E-state index in [-0.39, 0.29) is 11.4 Å². The van der Waals surface area contributed by atoms with Gasteiger partial charge in [0.25, 0.3) is 11.6 Å². The second-order valence-corrected chi connectivity index (χ2v) is 8.29. The number of aryl methyl sites for hydroxylation is 1. The zero-order chi connectivity index (χ0) is 21.1. The van der Waals surface area contributed by atoms with Crippen LogP contribution >= 0.6 is 11.3 Å². The summed E-state index contributed by atoms with van der Waals surface area (Å²) >= 11 is 1.57. The molecule has 3 aromatic rings. The first-order valence-corrected chi connectivity index (χ1v) is 10.8. The maximum atomic E-state index is 12.8. The number of amides is 1. The van der Waals surface area contributed by atoms with Crippen LogP contribution in [0.5, 0.6) is 0 Å². The zero-order valence-electron chi connectivity index (χ0n) is 16.7. The lowest BCUT2D eigenvalue weighted by Crippen LogP contribution is -2.29. The van der Waals surface area contributed by atoms with Crippen molar-refractivity contribution in [3.05, 3.63) is 69.0 Å². The minimum atomic E-state index is -0.487. The molecule has 3 heterocycles. The van der Waals surface area contributed by atoms with Crippen molar-refractivity contribution < 1.29 is 9.72 Å². The SMILES string of the molecule is Cc1ccc(NC(=O)c2cc([N+](=O)[O-])cn2Cc2csc(N3CCCCC3)n2)cc1. The van der Waals surface area contributed by atoms with Crippen molar-refractivity contribution >= 4 is 33.8 Å². The van der Waals surface area contributed by atoms with Crippen LogP contribution in [0.1, 0.15) is 41.0 Å². The number of carbonyl (C=O) groups is 1. The van der Waals surface area contributed by atoms with Gasteiger partial charge in [-0.05, 0) is 38.3 Å². The lowest BCUT2D eigenvalue weighted by Gasteiger charge is -2.25. The number of piperidine rings is 1. The van der Waals surface area contributed by atoms with E-state index in [4.69, 9.17) is 4.98 Å². The van der Waals surface area contributed by atoms with Gasteiger partial charge in [0.05, 0.1) is 23.4 Å². The van der Waals surface area contributed by atoms with Gasteiger partial charge >= 0.3 is 0 Å². The highest BCUT2D eigenvalue weighted by molar-refractivity contribution is 7.13. The summed E-state index contributed by atoms with van der Waals surface area (Å²) in [5, 5.41) is 17.0. The molecule has 0 spiro atoms. The summed E-state index contributed by atoms with van der Waals surface area (Å²) < 4.78 is 1.59. The van der Waals surface area contributed by atoms with Crippen molar-refractivity contribution in [2.45, 2.75) is 32.7 Å². The number of thiazole rings is 1. The number of nitrogens with zero attached hydrogens (tertiary/aromatic N) is 4. The molecule has 156 valence electrons. The van der Waals surface area contributed by atoms with Gasteiger partial charge in [0.2, 0.25) is 0 Å². The van der Waals surface area contributed by atoms with Crippen LogP contribution in [0.15, 0.2) is 41.9 Å². The van der Waals surface area contributed by atoms with Gasteiger partial charge in [0.1, 0.15) is 5.69 Å². The smallest absolute Gasteiger partial charge is 0.287 e. The molecule has 0 unspecified atom stereocenters. The predicted octanol–water partition coefficient (Wildman–Crippen LogP) is 4.45. The first-order chi connectivity index (χ1) is 14.5. The van der Waals surface area contributed by atoms with Crippen molar-refractivity contribution in [1.82, 2.24) is 9.55 Å². The Morgan fingerprint density at radius 1 is 1.23 bits per heavy atom. The van der Waals surface area contributed by atoms with E-state index in [1.165, 1.54) is 31.5 Å². The molecule has 1 fully saturated rings. The lowest BCUT2D eigenvalue weighted by atomic mass is 10.1. The molecule has 8 nitrogen and oxygen atoms in total. The van der Waals surface area contributed by atoms with E-state index in [2.05, 4.69) is 10.2 Å². The van der Waals surface area contributed by atoms with Crippen LogP contribution in [0, 0.1) is 17.0 Å². The number of hydrogen-bond acceptors (Lipinski definition) is 6. The highest BCUT2D eigenvalue weighted by Crippen LogP contribution is 2.26. The molecule has 1 saturated heterocycles. The average Bonchev–Trinajstić information content (AvgIpc) is 3.38. The maximum Gasteiger partial charge on any atom is 0.287 e. The van der Waals surface area contributed by atoms with E-state index in [0.29, 0.717) is 12.2 Å². The van der Waals surface area contributed by atoms with Gasteiger partial charge in [-0.15, -0.1) is 11.3 Å². The molecule has 0 saturated carbocycles. The summed E-state index contributed by atoms with van der Waals surface area (Å²) in [4.78, 5) is 30.6. The number of rotatable bonds is 6. The van der Waals surface area contributed by atoms with E-state index in [1.54, 1.807) is 28.0 Å². The Morgan fingerprint density at radius 2 is 1.97 bits per heavy atom. The molecule has 0 radical (unpaired) electrons. The Morgan fingerprint density at radius 3 is 2.67 bits per heavy atom. The fourth-order valence-electron chi connectivity index (χ4n) is 3.52. The lowest BCUT2D eigenvalue weighted by molar-refractivity contribution is -0.384. The highest BCUT2D eigenvalue weighted by Gasteiger charge is 2.21. The normalized spacial score (nSPS) is 14.0. The van der Waals surface area contributed by atoms with Gasteiger partial charge < -0.3 is 14.8 Å². The standard InChI is InChI=1S/C21H23N5O3S/c1-15-5-7-16(8-6-15)22-20(27)19-11-18(26(28)29)13-25(19)12-17-14-30-21(23-17)24-9-3-2-4-10-24/h5-8,11,13-14H,2-4,9-10,12H2,1H3,(H,22,27). The number of anilines is 2. The summed E-state index contributed by atoms with van der Waals surface area (Å²) in [5.74, 6) is -0.390. The van der Waals surface area contributed by atoms with Crippen LogP contribution in [0.4, 0.5) is 16.5 Å². The van der Waals surface area contributed by atoms with Crippen molar-refractivity contribution in [3.63, 3.8) is 0 Å². The summed E-state index contributed by atoms with van der Waals surface area (Å²) in [6.07, 6.45) is 4.98. The number of nitro groups is 1. The van der Waals surface area contributed by atoms with Crippen LogP contribution in [-0.2, 0) is 6.54 Å². The topological polar surface area (TPSA) is 93.3 Å². The molecule has 1 aliphatic rings. The van der Waals surface area contributed by atoms with Crippen molar-refractivity contribution in [2.24, 2.45) is 0 Å². The minimum Gasteiger partial charge on any atom is -0.348 e. The third-order valence-electron chi connectivity index (χ3n) is 5.13. The summed E-state index contributed by atoms with van der Waals surface area (Å²) in [6, 6.07) is 8.71. The van der Waals surface area contributed by atoms with Crippen LogP contribution < -0.4 is 10.2 Å². The van der Waals surface area contributed by atoms with Crippen LogP contribution in [0.25, 0.3) is 0 Å². The van der Waals surface area contributed by atoms with Crippen LogP contribution in [0.2, 0.25) is 0 Å². The van der Waals surface area contributed by atoms with Crippen molar-refractivity contribution in [2.75, 3.05) is 23.3 Å². The van der Waals surface area contributed by atoms with Gasteiger partial charge in [-0.1, -0.05) is 17.7 Å². The number of aromatic nitrogens is 2. The highest BCUT2D eigenvalue weighted by atomic mass is 32.1. The van der Waals surface area contributed by atoms with E-state index < -0.39 is 10.8 Å². The number of carbonyl (C=O) groups excluding carboxylic acids is 1. The predicted molar refractivity (Wildman–Crippen MR) is 117 cm³/mol. The maximum absolute atomic E-state index is 12.8. The second-order valence-electron chi connectivity index (χ2n) is 7.46. The molecular weight excluding hydrogens is 402 g/mol. The van der Waals surface area contributed by atoms with E-state index in [0.717, 1.165) is 29.5 Å². The molecular formula is C21H23N5O3S.